The van der Waals surface area contributed by atoms with Crippen molar-refractivity contribution < 1.29 is 18.0 Å². The molecule has 1 aliphatic rings. The lowest BCUT2D eigenvalue weighted by atomic mass is 10.1. The van der Waals surface area contributed by atoms with Crippen molar-refractivity contribution in [3.8, 4) is 0 Å². The van der Waals surface area contributed by atoms with Gasteiger partial charge in [-0.2, -0.15) is 13.2 Å². The maximum Gasteiger partial charge on any atom is 0.416 e. The van der Waals surface area contributed by atoms with E-state index < -0.39 is 11.7 Å². The van der Waals surface area contributed by atoms with Gasteiger partial charge in [0.25, 0.3) is 0 Å². The van der Waals surface area contributed by atoms with Crippen molar-refractivity contribution in [1.82, 2.24) is 10.2 Å². The smallest absolute Gasteiger partial charge is 0.337 e. The van der Waals surface area contributed by atoms with E-state index in [0.29, 0.717) is 12.1 Å². The third-order valence-corrected chi connectivity index (χ3v) is 3.37. The van der Waals surface area contributed by atoms with Crippen LogP contribution in [0.4, 0.5) is 13.2 Å². The van der Waals surface area contributed by atoms with Gasteiger partial charge in [0.05, 0.1) is 11.6 Å². The molecule has 6 heteroatoms. The molecule has 1 N–H and O–H groups in total. The lowest BCUT2D eigenvalue weighted by molar-refractivity contribution is -0.137. The van der Waals surface area contributed by atoms with Crippen LogP contribution in [0.15, 0.2) is 24.3 Å². The lowest BCUT2D eigenvalue weighted by Gasteiger charge is -2.23. The van der Waals surface area contributed by atoms with Gasteiger partial charge in [-0.15, -0.1) is 0 Å². The van der Waals surface area contributed by atoms with Gasteiger partial charge in [-0.25, -0.2) is 0 Å². The Balaban J connectivity index is 2.15. The molecule has 1 heterocycles. The van der Waals surface area contributed by atoms with E-state index in [1.54, 1.807) is 17.9 Å². The van der Waals surface area contributed by atoms with Gasteiger partial charge in [0.15, 0.2) is 0 Å². The van der Waals surface area contributed by atoms with E-state index in [0.717, 1.165) is 25.1 Å². The highest BCUT2D eigenvalue weighted by molar-refractivity contribution is 5.81. The maximum atomic E-state index is 12.7. The molecule has 1 aromatic rings. The number of halogens is 3. The van der Waals surface area contributed by atoms with E-state index in [9.17, 15) is 18.0 Å². The molecule has 110 valence electrons. The second-order valence-corrected chi connectivity index (χ2v) is 4.99. The minimum Gasteiger partial charge on any atom is -0.337 e. The molecule has 1 aliphatic heterocycles. The molecule has 0 spiro atoms. The summed E-state index contributed by atoms with van der Waals surface area (Å²) in [6, 6.07) is 4.85. The molecule has 1 atom stereocenters. The second-order valence-electron chi connectivity index (χ2n) is 4.99. The summed E-state index contributed by atoms with van der Waals surface area (Å²) in [5, 5.41) is 3.07. The molecule has 0 bridgehead atoms. The normalized spacial score (nSPS) is 20.9. The molecule has 20 heavy (non-hydrogen) atoms. The Morgan fingerprint density at radius 2 is 2.15 bits per heavy atom. The summed E-state index contributed by atoms with van der Waals surface area (Å²) < 4.78 is 38.0. The number of amides is 1. The van der Waals surface area contributed by atoms with Crippen LogP contribution in [0.1, 0.15) is 24.5 Å². The molecular weight excluding hydrogens is 269 g/mol. The summed E-state index contributed by atoms with van der Waals surface area (Å²) in [4.78, 5) is 13.7. The van der Waals surface area contributed by atoms with Crippen molar-refractivity contribution in [1.29, 1.82) is 0 Å². The molecule has 1 saturated heterocycles. The number of carbonyl (C=O) groups excluding carboxylic acids is 1. The van der Waals surface area contributed by atoms with Crippen molar-refractivity contribution >= 4 is 5.91 Å². The average Bonchev–Trinajstić information content (AvgIpc) is 2.54. The van der Waals surface area contributed by atoms with Gasteiger partial charge < -0.3 is 10.2 Å². The highest BCUT2D eigenvalue weighted by Gasteiger charge is 2.30. The first kappa shape index (κ1) is 14.8. The number of nitrogens with one attached hydrogen (secondary N) is 1. The number of hydrogen-bond acceptors (Lipinski definition) is 2. The first-order chi connectivity index (χ1) is 9.38. The van der Waals surface area contributed by atoms with E-state index in [4.69, 9.17) is 0 Å². The van der Waals surface area contributed by atoms with Crippen LogP contribution < -0.4 is 5.32 Å². The van der Waals surface area contributed by atoms with Gasteiger partial charge in [0.1, 0.15) is 0 Å². The first-order valence-electron chi connectivity index (χ1n) is 6.56. The summed E-state index contributed by atoms with van der Waals surface area (Å²) in [7, 11) is 0. The lowest BCUT2D eigenvalue weighted by Crippen LogP contribution is -2.41. The zero-order valence-electron chi connectivity index (χ0n) is 11.2. The van der Waals surface area contributed by atoms with Crippen LogP contribution in [0.5, 0.6) is 0 Å². The molecule has 1 unspecified atom stereocenters. The predicted molar refractivity (Wildman–Crippen MR) is 68.9 cm³/mol. The highest BCUT2D eigenvalue weighted by Crippen LogP contribution is 2.29. The van der Waals surface area contributed by atoms with E-state index >= 15 is 0 Å². The molecular formula is C14H17F3N2O. The van der Waals surface area contributed by atoms with Crippen LogP contribution in [0.2, 0.25) is 0 Å². The van der Waals surface area contributed by atoms with Gasteiger partial charge in [0.2, 0.25) is 5.91 Å². The summed E-state index contributed by atoms with van der Waals surface area (Å²) in [5.74, 6) is -0.0695. The summed E-state index contributed by atoms with van der Waals surface area (Å²) in [6.45, 7) is 3.29. The quantitative estimate of drug-likeness (QED) is 0.905. The van der Waals surface area contributed by atoms with Crippen molar-refractivity contribution in [3.63, 3.8) is 0 Å². The van der Waals surface area contributed by atoms with Gasteiger partial charge in [-0.05, 0) is 37.6 Å². The van der Waals surface area contributed by atoms with Crippen LogP contribution >= 0.6 is 0 Å². The summed E-state index contributed by atoms with van der Waals surface area (Å²) in [5.41, 5.74) is -0.175. The number of alkyl halides is 3. The van der Waals surface area contributed by atoms with Crippen molar-refractivity contribution in [3.05, 3.63) is 35.4 Å². The molecule has 1 fully saturated rings. The SMILES string of the molecule is CC1NCCCN(Cc2cccc(C(F)(F)F)c2)C1=O. The fourth-order valence-electron chi connectivity index (χ4n) is 2.28. The molecule has 2 rings (SSSR count). The fraction of sp³-hybridized carbons (Fsp3) is 0.500. The largest absolute Gasteiger partial charge is 0.416 e. The van der Waals surface area contributed by atoms with Gasteiger partial charge >= 0.3 is 6.18 Å². The number of hydrogen-bond donors (Lipinski definition) is 1. The zero-order valence-corrected chi connectivity index (χ0v) is 11.2. The molecule has 0 saturated carbocycles. The van der Waals surface area contributed by atoms with Crippen LogP contribution in [-0.2, 0) is 17.5 Å². The third-order valence-electron chi connectivity index (χ3n) is 3.37. The molecule has 0 radical (unpaired) electrons. The Bertz CT molecular complexity index is 488. The standard InChI is InChI=1S/C14H17F3N2O/c1-10-13(20)19(7-3-6-18-10)9-11-4-2-5-12(8-11)14(15,16)17/h2,4-5,8,10,18H,3,6-7,9H2,1H3. The number of benzene rings is 1. The van der Waals surface area contributed by atoms with Crippen molar-refractivity contribution in [2.75, 3.05) is 13.1 Å². The Kier molecular flexibility index (Phi) is 4.32. The number of nitrogens with zero attached hydrogens (tertiary/aromatic N) is 1. The van der Waals surface area contributed by atoms with Crippen LogP contribution in [0.25, 0.3) is 0 Å². The van der Waals surface area contributed by atoms with Crippen LogP contribution in [0.3, 0.4) is 0 Å². The Hall–Kier alpha value is -1.56. The molecule has 0 aromatic heterocycles. The molecule has 0 aliphatic carbocycles. The minimum absolute atomic E-state index is 0.0695. The Morgan fingerprint density at radius 3 is 2.85 bits per heavy atom. The highest BCUT2D eigenvalue weighted by atomic mass is 19.4. The average molecular weight is 286 g/mol. The van der Waals surface area contributed by atoms with Crippen LogP contribution in [-0.4, -0.2) is 29.9 Å². The topological polar surface area (TPSA) is 32.3 Å². The van der Waals surface area contributed by atoms with Gasteiger partial charge in [-0.3, -0.25) is 4.79 Å². The van der Waals surface area contributed by atoms with Gasteiger partial charge in [-0.1, -0.05) is 12.1 Å². The molecule has 3 nitrogen and oxygen atoms in total. The van der Waals surface area contributed by atoms with Gasteiger partial charge in [0, 0.05) is 13.1 Å². The predicted octanol–water partition coefficient (Wildman–Crippen LogP) is 2.42. The minimum atomic E-state index is -4.35. The molecule has 1 aromatic carbocycles. The van der Waals surface area contributed by atoms with E-state index in [2.05, 4.69) is 5.32 Å². The summed E-state index contributed by atoms with van der Waals surface area (Å²) >= 11 is 0. The van der Waals surface area contributed by atoms with E-state index in [1.807, 2.05) is 0 Å². The Morgan fingerprint density at radius 1 is 1.40 bits per heavy atom. The van der Waals surface area contributed by atoms with E-state index in [1.165, 1.54) is 6.07 Å². The maximum absolute atomic E-state index is 12.7. The molecule has 1 amide bonds. The zero-order chi connectivity index (χ0) is 14.8. The van der Waals surface area contributed by atoms with Crippen LogP contribution in [0, 0.1) is 0 Å². The number of carbonyl (C=O) groups is 1. The monoisotopic (exact) mass is 286 g/mol. The first-order valence-corrected chi connectivity index (χ1v) is 6.56. The number of rotatable bonds is 2. The summed E-state index contributed by atoms with van der Waals surface area (Å²) in [6.07, 6.45) is -3.55. The second kappa shape index (κ2) is 5.83. The van der Waals surface area contributed by atoms with Crippen molar-refractivity contribution in [2.24, 2.45) is 0 Å². The fourth-order valence-corrected chi connectivity index (χ4v) is 2.28. The van der Waals surface area contributed by atoms with E-state index in [-0.39, 0.29) is 18.5 Å². The van der Waals surface area contributed by atoms with Crippen molar-refractivity contribution in [2.45, 2.75) is 32.1 Å². The third kappa shape index (κ3) is 3.50. The Labute approximate surface area is 115 Å².